The van der Waals surface area contributed by atoms with E-state index in [1.165, 1.54) is 6.07 Å². The Hall–Kier alpha value is -1.29. The van der Waals surface area contributed by atoms with Gasteiger partial charge in [-0.05, 0) is 37.8 Å². The molecule has 2 heterocycles. The summed E-state index contributed by atoms with van der Waals surface area (Å²) < 4.78 is 1.60. The fraction of sp³-hybridized carbons (Fsp3) is 0.500. The molecule has 17 heavy (non-hydrogen) atoms. The van der Waals surface area contributed by atoms with Crippen LogP contribution in [0.5, 0.6) is 0 Å². The average molecular weight is 253 g/mol. The zero-order valence-electron chi connectivity index (χ0n) is 9.57. The quantitative estimate of drug-likeness (QED) is 0.707. The van der Waals surface area contributed by atoms with Crippen molar-refractivity contribution >= 4 is 17.5 Å². The van der Waals surface area contributed by atoms with Gasteiger partial charge in [-0.25, -0.2) is 0 Å². The highest BCUT2D eigenvalue weighted by atomic mass is 35.5. The summed E-state index contributed by atoms with van der Waals surface area (Å²) in [7, 11) is 1.77. The van der Waals surface area contributed by atoms with Crippen molar-refractivity contribution in [2.24, 2.45) is 0 Å². The highest BCUT2D eigenvalue weighted by Gasteiger charge is 2.49. The summed E-state index contributed by atoms with van der Waals surface area (Å²) in [5.41, 5.74) is -0.249. The van der Waals surface area contributed by atoms with Crippen LogP contribution in [0.2, 0.25) is 5.02 Å². The van der Waals surface area contributed by atoms with E-state index < -0.39 is 5.66 Å². The number of hydrogen-bond donors (Lipinski definition) is 0. The standard InChI is InChI=1S/C12H13ClN2O2/c1-14-11(17)9-5-4-8(13)10(16)15(9)12(14)6-2-3-7-12/h4-5H,2-3,6-7H2,1H3. The van der Waals surface area contributed by atoms with Crippen LogP contribution in [-0.4, -0.2) is 22.4 Å². The van der Waals surface area contributed by atoms with Crippen molar-refractivity contribution in [3.05, 3.63) is 33.2 Å². The molecule has 1 aliphatic heterocycles. The Morgan fingerprint density at radius 1 is 1.24 bits per heavy atom. The second-order valence-electron chi connectivity index (χ2n) is 4.76. The minimum atomic E-state index is -0.464. The van der Waals surface area contributed by atoms with E-state index >= 15 is 0 Å². The first-order valence-corrected chi connectivity index (χ1v) is 6.16. The van der Waals surface area contributed by atoms with Crippen LogP contribution in [0, 0.1) is 0 Å². The Bertz CT molecular complexity index is 558. The van der Waals surface area contributed by atoms with Gasteiger partial charge in [0.25, 0.3) is 11.5 Å². The van der Waals surface area contributed by atoms with Gasteiger partial charge in [-0.1, -0.05) is 11.6 Å². The summed E-state index contributed by atoms with van der Waals surface area (Å²) in [6, 6.07) is 3.16. The largest absolute Gasteiger partial charge is 0.317 e. The lowest BCUT2D eigenvalue weighted by atomic mass is 10.1. The molecule has 0 radical (unpaired) electrons. The Labute approximate surface area is 104 Å². The number of carbonyl (C=O) groups is 1. The van der Waals surface area contributed by atoms with Crippen LogP contribution in [0.4, 0.5) is 0 Å². The number of hydrogen-bond acceptors (Lipinski definition) is 2. The van der Waals surface area contributed by atoms with Gasteiger partial charge in [-0.3, -0.25) is 14.2 Å². The molecule has 3 rings (SSSR count). The summed E-state index contributed by atoms with van der Waals surface area (Å²) in [5, 5.41) is 0.183. The second-order valence-corrected chi connectivity index (χ2v) is 5.17. The zero-order valence-corrected chi connectivity index (χ0v) is 10.3. The van der Waals surface area contributed by atoms with Gasteiger partial charge in [0.2, 0.25) is 0 Å². The van der Waals surface area contributed by atoms with E-state index in [1.807, 2.05) is 0 Å². The second kappa shape index (κ2) is 3.35. The predicted octanol–water partition coefficient (Wildman–Crippen LogP) is 1.81. The molecule has 1 aromatic rings. The van der Waals surface area contributed by atoms with Crippen LogP contribution in [0.1, 0.15) is 36.2 Å². The lowest BCUT2D eigenvalue weighted by Gasteiger charge is -2.33. The molecule has 0 saturated heterocycles. The third kappa shape index (κ3) is 1.19. The van der Waals surface area contributed by atoms with Crippen LogP contribution < -0.4 is 5.56 Å². The fourth-order valence-electron chi connectivity index (χ4n) is 3.11. The highest BCUT2D eigenvalue weighted by molar-refractivity contribution is 6.30. The maximum atomic E-state index is 12.2. The van der Waals surface area contributed by atoms with E-state index in [4.69, 9.17) is 11.6 Å². The Morgan fingerprint density at radius 2 is 1.88 bits per heavy atom. The van der Waals surface area contributed by atoms with Gasteiger partial charge in [0.15, 0.2) is 0 Å². The van der Waals surface area contributed by atoms with Crippen LogP contribution in [0.25, 0.3) is 0 Å². The van der Waals surface area contributed by atoms with Gasteiger partial charge in [0, 0.05) is 7.05 Å². The summed E-state index contributed by atoms with van der Waals surface area (Å²) >= 11 is 5.89. The maximum Gasteiger partial charge on any atom is 0.272 e. The van der Waals surface area contributed by atoms with Crippen molar-refractivity contribution in [1.29, 1.82) is 0 Å². The molecule has 90 valence electrons. The molecule has 1 fully saturated rings. The number of pyridine rings is 1. The molecular weight excluding hydrogens is 240 g/mol. The molecule has 0 aromatic carbocycles. The number of amides is 1. The number of rotatable bonds is 0. The monoisotopic (exact) mass is 252 g/mol. The predicted molar refractivity (Wildman–Crippen MR) is 64.2 cm³/mol. The van der Waals surface area contributed by atoms with Crippen LogP contribution in [-0.2, 0) is 5.66 Å². The number of halogens is 1. The van der Waals surface area contributed by atoms with Gasteiger partial charge >= 0.3 is 0 Å². The Balaban J connectivity index is 2.34. The van der Waals surface area contributed by atoms with Gasteiger partial charge in [-0.15, -0.1) is 0 Å². The molecule has 0 unspecified atom stereocenters. The van der Waals surface area contributed by atoms with E-state index in [0.29, 0.717) is 5.69 Å². The number of carbonyl (C=O) groups excluding carboxylic acids is 1. The van der Waals surface area contributed by atoms with Crippen molar-refractivity contribution in [2.75, 3.05) is 7.05 Å². The molecule has 1 saturated carbocycles. The SMILES string of the molecule is CN1C(=O)c2ccc(Cl)c(=O)n2C12CCCC2. The van der Waals surface area contributed by atoms with Gasteiger partial charge in [-0.2, -0.15) is 0 Å². The average Bonchev–Trinajstić information content (AvgIpc) is 2.87. The topological polar surface area (TPSA) is 42.3 Å². The Kier molecular flexibility index (Phi) is 2.14. The van der Waals surface area contributed by atoms with Crippen LogP contribution >= 0.6 is 11.6 Å². The summed E-state index contributed by atoms with van der Waals surface area (Å²) in [5.74, 6) is -0.0827. The molecule has 4 nitrogen and oxygen atoms in total. The lowest BCUT2D eigenvalue weighted by molar-refractivity contribution is 0.0505. The molecule has 1 aliphatic carbocycles. The normalized spacial score (nSPS) is 21.3. The smallest absolute Gasteiger partial charge is 0.272 e. The lowest BCUT2D eigenvalue weighted by Crippen LogP contribution is -2.46. The van der Waals surface area contributed by atoms with Crippen molar-refractivity contribution in [3.63, 3.8) is 0 Å². The first kappa shape index (κ1) is 10.8. The minimum absolute atomic E-state index is 0.0827. The van der Waals surface area contributed by atoms with Crippen LogP contribution in [0.15, 0.2) is 16.9 Å². The first-order valence-electron chi connectivity index (χ1n) is 5.78. The molecule has 1 aromatic heterocycles. The zero-order chi connectivity index (χ0) is 12.2. The van der Waals surface area contributed by atoms with Gasteiger partial charge in [0.1, 0.15) is 16.4 Å². The molecule has 1 amide bonds. The van der Waals surface area contributed by atoms with E-state index in [9.17, 15) is 9.59 Å². The Morgan fingerprint density at radius 3 is 2.53 bits per heavy atom. The number of aromatic nitrogens is 1. The number of nitrogens with zero attached hydrogens (tertiary/aromatic N) is 2. The van der Waals surface area contributed by atoms with E-state index in [0.717, 1.165) is 25.7 Å². The summed E-state index contributed by atoms with van der Waals surface area (Å²) in [4.78, 5) is 26.0. The molecule has 5 heteroatoms. The third-order valence-corrected chi connectivity index (χ3v) is 4.29. The molecule has 0 bridgehead atoms. The minimum Gasteiger partial charge on any atom is -0.317 e. The van der Waals surface area contributed by atoms with Crippen molar-refractivity contribution in [3.8, 4) is 0 Å². The highest BCUT2D eigenvalue weighted by Crippen LogP contribution is 2.43. The van der Waals surface area contributed by atoms with Crippen molar-refractivity contribution < 1.29 is 4.79 Å². The van der Waals surface area contributed by atoms with E-state index in [1.54, 1.807) is 22.6 Å². The summed E-state index contributed by atoms with van der Waals surface area (Å²) in [6.45, 7) is 0. The summed E-state index contributed by atoms with van der Waals surface area (Å²) in [6.07, 6.45) is 3.75. The van der Waals surface area contributed by atoms with Crippen molar-refractivity contribution in [1.82, 2.24) is 9.47 Å². The molecule has 0 atom stereocenters. The molecule has 2 aliphatic rings. The van der Waals surface area contributed by atoms with Gasteiger partial charge < -0.3 is 4.90 Å². The third-order valence-electron chi connectivity index (χ3n) is 4.00. The maximum absolute atomic E-state index is 12.2. The molecule has 1 spiro atoms. The van der Waals surface area contributed by atoms with Gasteiger partial charge in [0.05, 0.1) is 0 Å². The van der Waals surface area contributed by atoms with Crippen LogP contribution in [0.3, 0.4) is 0 Å². The molecule has 0 N–H and O–H groups in total. The molecular formula is C12H13ClN2O2. The van der Waals surface area contributed by atoms with E-state index in [-0.39, 0.29) is 16.5 Å². The van der Waals surface area contributed by atoms with Crippen molar-refractivity contribution in [2.45, 2.75) is 31.3 Å². The number of fused-ring (bicyclic) bond motifs is 2. The first-order chi connectivity index (χ1) is 8.08. The van der Waals surface area contributed by atoms with E-state index in [2.05, 4.69) is 0 Å². The fourth-order valence-corrected chi connectivity index (χ4v) is 3.25.